The van der Waals surface area contributed by atoms with Gasteiger partial charge in [0, 0.05) is 38.2 Å². The van der Waals surface area contributed by atoms with Gasteiger partial charge in [-0.15, -0.1) is 0 Å². The van der Waals surface area contributed by atoms with Crippen molar-refractivity contribution in [2.75, 3.05) is 52.6 Å². The Labute approximate surface area is 235 Å². The SMILES string of the molecule is CCOc1ccc([C@H]2C(=C(O)c3ccc4c(c3)C[C@H](C)O4)C(=O)C(=O)N2CCCN2CCOCC2)cc1OCC. The molecule has 2 aromatic rings. The quantitative estimate of drug-likeness (QED) is 0.270. The lowest BCUT2D eigenvalue weighted by Gasteiger charge is -2.29. The summed E-state index contributed by atoms with van der Waals surface area (Å²) >= 11 is 0. The van der Waals surface area contributed by atoms with E-state index in [0.717, 1.165) is 30.9 Å². The van der Waals surface area contributed by atoms with Gasteiger partial charge in [0.15, 0.2) is 11.5 Å². The summed E-state index contributed by atoms with van der Waals surface area (Å²) in [6, 6.07) is 10.1. The second-order valence-corrected chi connectivity index (χ2v) is 10.3. The van der Waals surface area contributed by atoms with E-state index in [-0.39, 0.29) is 17.4 Å². The molecule has 0 unspecified atom stereocenters. The molecule has 0 aliphatic carbocycles. The summed E-state index contributed by atoms with van der Waals surface area (Å²) in [6.07, 6.45) is 1.45. The maximum Gasteiger partial charge on any atom is 0.295 e. The van der Waals surface area contributed by atoms with Crippen LogP contribution in [0.3, 0.4) is 0 Å². The summed E-state index contributed by atoms with van der Waals surface area (Å²) in [5.41, 5.74) is 2.21. The van der Waals surface area contributed by atoms with Crippen molar-refractivity contribution in [1.29, 1.82) is 0 Å². The van der Waals surface area contributed by atoms with E-state index in [1.54, 1.807) is 17.0 Å². The molecule has 5 rings (SSSR count). The third kappa shape index (κ3) is 5.67. The smallest absolute Gasteiger partial charge is 0.295 e. The summed E-state index contributed by atoms with van der Waals surface area (Å²) in [7, 11) is 0. The molecule has 0 saturated carbocycles. The van der Waals surface area contributed by atoms with Crippen LogP contribution in [-0.4, -0.2) is 85.3 Å². The molecule has 2 saturated heterocycles. The van der Waals surface area contributed by atoms with Crippen LogP contribution >= 0.6 is 0 Å². The van der Waals surface area contributed by atoms with E-state index in [4.69, 9.17) is 18.9 Å². The number of aliphatic hydroxyl groups is 1. The van der Waals surface area contributed by atoms with Gasteiger partial charge in [0.05, 0.1) is 38.0 Å². The van der Waals surface area contributed by atoms with Gasteiger partial charge in [-0.3, -0.25) is 14.5 Å². The fourth-order valence-corrected chi connectivity index (χ4v) is 5.71. The molecule has 2 fully saturated rings. The first-order chi connectivity index (χ1) is 19.4. The number of hydrogen-bond donors (Lipinski definition) is 1. The average Bonchev–Trinajstić information content (AvgIpc) is 3.45. The Hall–Kier alpha value is -3.56. The zero-order valence-corrected chi connectivity index (χ0v) is 23.5. The van der Waals surface area contributed by atoms with Crippen LogP contribution in [0.1, 0.15) is 49.9 Å². The Morgan fingerprint density at radius 1 is 1.00 bits per heavy atom. The third-order valence-electron chi connectivity index (χ3n) is 7.57. The van der Waals surface area contributed by atoms with Crippen molar-refractivity contribution in [2.45, 2.75) is 45.8 Å². The second kappa shape index (κ2) is 12.3. The molecule has 3 heterocycles. The molecule has 3 aliphatic heterocycles. The van der Waals surface area contributed by atoms with E-state index in [0.29, 0.717) is 68.4 Å². The van der Waals surface area contributed by atoms with Gasteiger partial charge >= 0.3 is 0 Å². The maximum atomic E-state index is 13.5. The van der Waals surface area contributed by atoms with Crippen LogP contribution < -0.4 is 14.2 Å². The highest BCUT2D eigenvalue weighted by molar-refractivity contribution is 6.46. The molecular weight excluding hydrogens is 512 g/mol. The third-order valence-corrected chi connectivity index (χ3v) is 7.57. The Morgan fingerprint density at radius 3 is 2.50 bits per heavy atom. The molecule has 3 aliphatic rings. The van der Waals surface area contributed by atoms with Gasteiger partial charge in [0.1, 0.15) is 17.6 Å². The molecule has 9 nitrogen and oxygen atoms in total. The predicted octanol–water partition coefficient (Wildman–Crippen LogP) is 3.95. The first kappa shape index (κ1) is 28.0. The van der Waals surface area contributed by atoms with Gasteiger partial charge in [0.2, 0.25) is 0 Å². The van der Waals surface area contributed by atoms with Crippen LogP contribution in [0.15, 0.2) is 42.0 Å². The van der Waals surface area contributed by atoms with Crippen molar-refractivity contribution in [2.24, 2.45) is 0 Å². The van der Waals surface area contributed by atoms with Crippen LogP contribution in [0, 0.1) is 0 Å². The monoisotopic (exact) mass is 550 g/mol. The number of aliphatic hydroxyl groups excluding tert-OH is 1. The fraction of sp³-hybridized carbons (Fsp3) is 0.484. The van der Waals surface area contributed by atoms with Crippen LogP contribution in [0.25, 0.3) is 5.76 Å². The Bertz CT molecular complexity index is 1280. The number of carbonyl (C=O) groups is 2. The number of rotatable bonds is 10. The Kier molecular flexibility index (Phi) is 8.61. The molecular formula is C31H38N2O7. The van der Waals surface area contributed by atoms with E-state index in [1.807, 2.05) is 45.0 Å². The normalized spacial score (nSPS) is 22.3. The number of benzene rings is 2. The molecule has 9 heteroatoms. The molecule has 0 spiro atoms. The number of carbonyl (C=O) groups excluding carboxylic acids is 2. The highest BCUT2D eigenvalue weighted by Crippen LogP contribution is 2.43. The Balaban J connectivity index is 1.53. The summed E-state index contributed by atoms with van der Waals surface area (Å²) < 4.78 is 22.9. The summed E-state index contributed by atoms with van der Waals surface area (Å²) in [5, 5.41) is 11.6. The van der Waals surface area contributed by atoms with E-state index in [1.165, 1.54) is 0 Å². The van der Waals surface area contributed by atoms with Crippen LogP contribution in [0.2, 0.25) is 0 Å². The van der Waals surface area contributed by atoms with Crippen LogP contribution in [-0.2, 0) is 20.7 Å². The van der Waals surface area contributed by atoms with Gasteiger partial charge in [-0.25, -0.2) is 0 Å². The Morgan fingerprint density at radius 2 is 1.75 bits per heavy atom. The van der Waals surface area contributed by atoms with Crippen molar-refractivity contribution in [3.8, 4) is 17.2 Å². The highest BCUT2D eigenvalue weighted by Gasteiger charge is 2.46. The number of likely N-dealkylation sites (tertiary alicyclic amines) is 1. The van der Waals surface area contributed by atoms with Gasteiger partial charge in [0.25, 0.3) is 11.7 Å². The number of Topliss-reactive ketones (excluding diaryl/α,β-unsaturated/α-hetero) is 1. The summed E-state index contributed by atoms with van der Waals surface area (Å²) in [4.78, 5) is 30.9. The molecule has 1 N–H and O–H groups in total. The van der Waals surface area contributed by atoms with Crippen molar-refractivity contribution in [3.63, 3.8) is 0 Å². The van der Waals surface area contributed by atoms with Gasteiger partial charge < -0.3 is 29.0 Å². The predicted molar refractivity (Wildman–Crippen MR) is 150 cm³/mol. The van der Waals surface area contributed by atoms with E-state index < -0.39 is 17.7 Å². The fourth-order valence-electron chi connectivity index (χ4n) is 5.71. The van der Waals surface area contributed by atoms with Crippen LogP contribution in [0.4, 0.5) is 0 Å². The zero-order valence-electron chi connectivity index (χ0n) is 23.5. The second-order valence-electron chi connectivity index (χ2n) is 10.3. The van der Waals surface area contributed by atoms with Gasteiger partial charge in [-0.2, -0.15) is 0 Å². The molecule has 40 heavy (non-hydrogen) atoms. The van der Waals surface area contributed by atoms with E-state index in [2.05, 4.69) is 4.90 Å². The minimum atomic E-state index is -0.761. The molecule has 1 amide bonds. The number of hydrogen-bond acceptors (Lipinski definition) is 8. The molecule has 2 atom stereocenters. The number of ether oxygens (including phenoxy) is 4. The molecule has 0 radical (unpaired) electrons. The van der Waals surface area contributed by atoms with Gasteiger partial charge in [-0.05, 0) is 68.7 Å². The molecule has 214 valence electrons. The standard InChI is InChI=1S/C31H38N2O7/c1-4-38-25-10-7-21(19-26(25)39-5-2)28-27(29(34)22-8-9-24-23(18-22)17-20(3)40-24)30(35)31(36)33(28)12-6-11-32-13-15-37-16-14-32/h7-10,18-20,28,34H,4-6,11-17H2,1-3H3/t20-,28-/m0/s1. The topological polar surface area (TPSA) is 97.8 Å². The van der Waals surface area contributed by atoms with Gasteiger partial charge in [-0.1, -0.05) is 6.07 Å². The minimum absolute atomic E-state index is 0.0466. The van der Waals surface area contributed by atoms with Crippen molar-refractivity contribution in [1.82, 2.24) is 9.80 Å². The number of fused-ring (bicyclic) bond motifs is 1. The largest absolute Gasteiger partial charge is 0.507 e. The van der Waals surface area contributed by atoms with Crippen molar-refractivity contribution < 1.29 is 33.6 Å². The number of nitrogens with zero attached hydrogens (tertiary/aromatic N) is 2. The lowest BCUT2D eigenvalue weighted by atomic mass is 9.94. The van der Waals surface area contributed by atoms with Crippen LogP contribution in [0.5, 0.6) is 17.2 Å². The van der Waals surface area contributed by atoms with E-state index in [9.17, 15) is 14.7 Å². The average molecular weight is 551 g/mol. The lowest BCUT2D eigenvalue weighted by molar-refractivity contribution is -0.140. The highest BCUT2D eigenvalue weighted by atomic mass is 16.5. The number of ketones is 1. The zero-order chi connectivity index (χ0) is 28.2. The first-order valence-electron chi connectivity index (χ1n) is 14.2. The van der Waals surface area contributed by atoms with Crippen molar-refractivity contribution in [3.05, 3.63) is 58.7 Å². The first-order valence-corrected chi connectivity index (χ1v) is 14.2. The van der Waals surface area contributed by atoms with Crippen molar-refractivity contribution >= 4 is 17.4 Å². The lowest BCUT2D eigenvalue weighted by Crippen LogP contribution is -2.39. The molecule has 0 aromatic heterocycles. The minimum Gasteiger partial charge on any atom is -0.507 e. The van der Waals surface area contributed by atoms with E-state index >= 15 is 0 Å². The maximum absolute atomic E-state index is 13.5. The molecule has 0 bridgehead atoms. The molecule has 2 aromatic carbocycles. The number of amides is 1. The summed E-state index contributed by atoms with van der Waals surface area (Å²) in [6.45, 7) is 10.9. The summed E-state index contributed by atoms with van der Waals surface area (Å²) in [5.74, 6) is 0.407. The number of morpholine rings is 1.